The van der Waals surface area contributed by atoms with Crippen molar-refractivity contribution < 1.29 is 19.2 Å². The topological polar surface area (TPSA) is 59.1 Å². The first kappa shape index (κ1) is 19.8. The second kappa shape index (κ2) is 7.83. The largest absolute Gasteiger partial charge is 0.467 e. The molecule has 158 valence electrons. The minimum Gasteiger partial charge on any atom is -0.467 e. The number of methoxy groups -OCH3 is 1. The highest BCUT2D eigenvalue weighted by atomic mass is 32.1. The van der Waals surface area contributed by atoms with Gasteiger partial charge in [0.1, 0.15) is 12.6 Å². The third kappa shape index (κ3) is 3.30. The molecule has 2 amide bonds. The van der Waals surface area contributed by atoms with Crippen molar-refractivity contribution in [1.82, 2.24) is 9.96 Å². The molecule has 5 rings (SSSR count). The van der Waals surface area contributed by atoms with E-state index in [9.17, 15) is 9.59 Å². The van der Waals surface area contributed by atoms with Crippen LogP contribution in [-0.2, 0) is 21.0 Å². The van der Waals surface area contributed by atoms with Gasteiger partial charge >= 0.3 is 12.0 Å². The number of carbonyl (C=O) groups is 2. The lowest BCUT2D eigenvalue weighted by atomic mass is 9.98. The van der Waals surface area contributed by atoms with E-state index in [1.165, 1.54) is 12.2 Å². The van der Waals surface area contributed by atoms with E-state index in [-0.39, 0.29) is 18.7 Å². The Labute approximate surface area is 184 Å². The number of hydroxylamine groups is 2. The van der Waals surface area contributed by atoms with Gasteiger partial charge in [-0.1, -0.05) is 54.6 Å². The zero-order valence-electron chi connectivity index (χ0n) is 17.3. The molecule has 2 aliphatic heterocycles. The summed E-state index contributed by atoms with van der Waals surface area (Å²) < 4.78 is 5.06. The van der Waals surface area contributed by atoms with Crippen molar-refractivity contribution in [1.29, 1.82) is 0 Å². The van der Waals surface area contributed by atoms with Crippen LogP contribution in [0.5, 0.6) is 0 Å². The number of amides is 2. The van der Waals surface area contributed by atoms with Crippen LogP contribution in [0.25, 0.3) is 10.4 Å². The van der Waals surface area contributed by atoms with E-state index in [0.717, 1.165) is 32.0 Å². The van der Waals surface area contributed by atoms with Crippen molar-refractivity contribution >= 4 is 23.3 Å². The molecule has 3 heterocycles. The van der Waals surface area contributed by atoms with Crippen molar-refractivity contribution in [2.45, 2.75) is 25.6 Å². The molecule has 0 aliphatic carbocycles. The molecule has 1 aromatic heterocycles. The van der Waals surface area contributed by atoms with Gasteiger partial charge in [-0.15, -0.1) is 11.3 Å². The molecule has 7 heteroatoms. The van der Waals surface area contributed by atoms with Crippen LogP contribution in [0.3, 0.4) is 0 Å². The first-order valence-corrected chi connectivity index (χ1v) is 10.9. The Balaban J connectivity index is 1.53. The van der Waals surface area contributed by atoms with Gasteiger partial charge in [0, 0.05) is 9.75 Å². The van der Waals surface area contributed by atoms with Crippen molar-refractivity contribution in [2.75, 3.05) is 13.7 Å². The summed E-state index contributed by atoms with van der Waals surface area (Å²) in [6, 6.07) is 18.7. The highest BCUT2D eigenvalue weighted by Gasteiger charge is 2.52. The Kier molecular flexibility index (Phi) is 5.00. The Morgan fingerprint density at radius 2 is 1.87 bits per heavy atom. The van der Waals surface area contributed by atoms with Gasteiger partial charge in [-0.25, -0.2) is 9.59 Å². The fraction of sp³-hybridized carbons (Fsp3) is 0.250. The third-order valence-electron chi connectivity index (χ3n) is 5.85. The van der Waals surface area contributed by atoms with Crippen molar-refractivity contribution in [3.8, 4) is 10.4 Å². The first-order chi connectivity index (χ1) is 15.1. The van der Waals surface area contributed by atoms with Crippen LogP contribution in [0.4, 0.5) is 4.79 Å². The number of nitrogens with zero attached hydrogens (tertiary/aromatic N) is 2. The molecule has 0 spiro atoms. The number of urea groups is 1. The van der Waals surface area contributed by atoms with Crippen LogP contribution in [0, 0.1) is 6.92 Å². The molecule has 6 nitrogen and oxygen atoms in total. The van der Waals surface area contributed by atoms with E-state index in [2.05, 4.69) is 25.1 Å². The average Bonchev–Trinajstić information content (AvgIpc) is 3.34. The monoisotopic (exact) mass is 434 g/mol. The van der Waals surface area contributed by atoms with Crippen LogP contribution in [0.15, 0.2) is 60.7 Å². The van der Waals surface area contributed by atoms with Gasteiger partial charge < -0.3 is 9.64 Å². The lowest BCUT2D eigenvalue weighted by Crippen LogP contribution is -2.38. The quantitative estimate of drug-likeness (QED) is 0.538. The van der Waals surface area contributed by atoms with Crippen LogP contribution in [0.1, 0.15) is 33.7 Å². The van der Waals surface area contributed by atoms with Crippen LogP contribution < -0.4 is 0 Å². The summed E-state index contributed by atoms with van der Waals surface area (Å²) in [4.78, 5) is 35.3. The fourth-order valence-electron chi connectivity index (χ4n) is 4.27. The molecular weight excluding hydrogens is 412 g/mol. The number of hydrogen-bond donors (Lipinski definition) is 0. The number of rotatable bonds is 5. The highest BCUT2D eigenvalue weighted by molar-refractivity contribution is 7.16. The van der Waals surface area contributed by atoms with Crippen molar-refractivity contribution in [2.24, 2.45) is 0 Å². The Hall–Kier alpha value is -3.16. The smallest absolute Gasteiger partial charge is 0.345 e. The molecule has 0 saturated carbocycles. The molecule has 1 saturated heterocycles. The van der Waals surface area contributed by atoms with Gasteiger partial charge in [0.15, 0.2) is 6.04 Å². The molecule has 2 aromatic carbocycles. The molecule has 2 aliphatic rings. The molecule has 31 heavy (non-hydrogen) atoms. The maximum Gasteiger partial charge on any atom is 0.345 e. The molecule has 3 aromatic rings. The van der Waals surface area contributed by atoms with Gasteiger partial charge in [0.05, 0.1) is 13.7 Å². The summed E-state index contributed by atoms with van der Waals surface area (Å²) in [7, 11) is 1.36. The number of esters is 1. The summed E-state index contributed by atoms with van der Waals surface area (Å²) in [6.45, 7) is 2.74. The van der Waals surface area contributed by atoms with Gasteiger partial charge in [-0.2, -0.15) is 5.06 Å². The van der Waals surface area contributed by atoms with Gasteiger partial charge in [0.25, 0.3) is 0 Å². The van der Waals surface area contributed by atoms with Gasteiger partial charge in [-0.05, 0) is 35.2 Å². The minimum atomic E-state index is -0.753. The minimum absolute atomic E-state index is 0.263. The van der Waals surface area contributed by atoms with Crippen LogP contribution in [-0.4, -0.2) is 35.6 Å². The van der Waals surface area contributed by atoms with Crippen molar-refractivity contribution in [3.63, 3.8) is 0 Å². The summed E-state index contributed by atoms with van der Waals surface area (Å²) in [5, 5.41) is 1.42. The maximum atomic E-state index is 13.1. The number of fused-ring (bicyclic) bond motifs is 4. The van der Waals surface area contributed by atoms with E-state index in [4.69, 9.17) is 9.57 Å². The lowest BCUT2D eigenvalue weighted by Gasteiger charge is -2.28. The Bertz CT molecular complexity index is 1140. The van der Waals surface area contributed by atoms with Crippen molar-refractivity contribution in [3.05, 3.63) is 82.2 Å². The lowest BCUT2D eigenvalue weighted by molar-refractivity contribution is -0.146. The molecule has 1 fully saturated rings. The summed E-state index contributed by atoms with van der Waals surface area (Å²) >= 11 is 1.54. The number of ether oxygens (including phenoxy) is 1. The standard InChI is InChI=1S/C24H22N2O4S/c1-15-8-6-7-11-17(15)20-12-18-19-13-25(21(22(18)31-20)23(27)29-2)24(28)26(19)30-14-16-9-4-3-5-10-16/h3-12,19,21H,13-14H2,1-2H3/t19-,21+/m1/s1. The molecular formula is C24H22N2O4S. The Morgan fingerprint density at radius 1 is 1.13 bits per heavy atom. The molecule has 0 unspecified atom stereocenters. The van der Waals surface area contributed by atoms with E-state index in [0.29, 0.717) is 6.54 Å². The number of benzene rings is 2. The summed E-state index contributed by atoms with van der Waals surface area (Å²) in [5.41, 5.74) is 4.21. The fourth-order valence-corrected chi connectivity index (χ4v) is 5.68. The predicted octanol–water partition coefficient (Wildman–Crippen LogP) is 4.86. The number of hydrogen-bond acceptors (Lipinski definition) is 5. The van der Waals surface area contributed by atoms with Crippen LogP contribution >= 0.6 is 11.3 Å². The maximum absolute atomic E-state index is 13.1. The number of carbonyl (C=O) groups excluding carboxylic acids is 2. The van der Waals surface area contributed by atoms with Gasteiger partial charge in [0.2, 0.25) is 0 Å². The predicted molar refractivity (Wildman–Crippen MR) is 117 cm³/mol. The number of aryl methyl sites for hydroxylation is 1. The molecule has 0 N–H and O–H groups in total. The Morgan fingerprint density at radius 3 is 2.61 bits per heavy atom. The van der Waals surface area contributed by atoms with E-state index < -0.39 is 12.0 Å². The number of thiophene rings is 1. The highest BCUT2D eigenvalue weighted by Crippen LogP contribution is 2.50. The average molecular weight is 435 g/mol. The van der Waals surface area contributed by atoms with Crippen LogP contribution in [0.2, 0.25) is 0 Å². The summed E-state index contributed by atoms with van der Waals surface area (Å²) in [5.74, 6) is -0.434. The summed E-state index contributed by atoms with van der Waals surface area (Å²) in [6.07, 6.45) is 0. The normalized spacial score (nSPS) is 19.5. The SMILES string of the molecule is COC(=O)[C@@H]1c2sc(-c3ccccc3C)cc2[C@H]2CN1C(=O)N2OCc1ccccc1. The van der Waals surface area contributed by atoms with E-state index in [1.54, 1.807) is 16.2 Å². The van der Waals surface area contributed by atoms with E-state index in [1.807, 2.05) is 42.5 Å². The second-order valence-corrected chi connectivity index (χ2v) is 8.79. The molecule has 2 bridgehead atoms. The second-order valence-electron chi connectivity index (χ2n) is 7.71. The van der Waals surface area contributed by atoms with E-state index >= 15 is 0 Å². The first-order valence-electron chi connectivity index (χ1n) is 10.1. The molecule has 0 radical (unpaired) electrons. The molecule has 2 atom stereocenters. The zero-order chi connectivity index (χ0) is 21.5. The third-order valence-corrected chi connectivity index (χ3v) is 7.08. The zero-order valence-corrected chi connectivity index (χ0v) is 18.1. The van der Waals surface area contributed by atoms with Gasteiger partial charge in [-0.3, -0.25) is 4.84 Å².